The Balaban J connectivity index is 1.89. The summed E-state index contributed by atoms with van der Waals surface area (Å²) in [5.74, 6) is 0.352. The molecule has 2 aromatic rings. The van der Waals surface area contributed by atoms with Crippen molar-refractivity contribution in [1.29, 1.82) is 0 Å². The third-order valence-corrected chi connectivity index (χ3v) is 2.99. The molecule has 0 saturated carbocycles. The molecule has 21 heavy (non-hydrogen) atoms. The molecule has 0 spiro atoms. The summed E-state index contributed by atoms with van der Waals surface area (Å²) in [6, 6.07) is 13.5. The molecule has 1 aromatic carbocycles. The highest BCUT2D eigenvalue weighted by molar-refractivity contribution is 5.73. The Morgan fingerprint density at radius 1 is 1.29 bits per heavy atom. The number of nitrogens with zero attached hydrogens (tertiary/aromatic N) is 1. The summed E-state index contributed by atoms with van der Waals surface area (Å²) in [7, 11) is 0. The van der Waals surface area contributed by atoms with Crippen molar-refractivity contribution in [3.63, 3.8) is 0 Å². The number of rotatable bonds is 7. The molecule has 5 nitrogen and oxygen atoms in total. The van der Waals surface area contributed by atoms with Gasteiger partial charge in [-0.05, 0) is 43.3 Å². The summed E-state index contributed by atoms with van der Waals surface area (Å²) in [5, 5.41) is 3.37. The number of amides is 1. The molecule has 0 saturated heterocycles. The van der Waals surface area contributed by atoms with Gasteiger partial charge in [0.15, 0.2) is 0 Å². The first-order valence-electron chi connectivity index (χ1n) is 6.84. The van der Waals surface area contributed by atoms with Crippen LogP contribution in [-0.4, -0.2) is 17.5 Å². The highest BCUT2D eigenvalue weighted by Gasteiger charge is 2.06. The number of primary amides is 1. The second kappa shape index (κ2) is 7.28. The minimum Gasteiger partial charge on any atom is -0.493 e. The Kier molecular flexibility index (Phi) is 5.15. The summed E-state index contributed by atoms with van der Waals surface area (Å²) in [6.07, 6.45) is 2.00. The number of ether oxygens (including phenoxy) is 1. The minimum absolute atomic E-state index is 0.118. The van der Waals surface area contributed by atoms with Gasteiger partial charge in [0.25, 0.3) is 0 Å². The molecule has 3 N–H and O–H groups in total. The quantitative estimate of drug-likeness (QED) is 0.819. The van der Waals surface area contributed by atoms with Crippen LogP contribution in [0.5, 0.6) is 5.75 Å². The average Bonchev–Trinajstić information content (AvgIpc) is 2.49. The summed E-state index contributed by atoms with van der Waals surface area (Å²) in [6.45, 7) is 2.35. The molecule has 0 radical (unpaired) electrons. The van der Waals surface area contributed by atoms with Crippen LogP contribution < -0.4 is 15.8 Å². The van der Waals surface area contributed by atoms with Gasteiger partial charge in [-0.1, -0.05) is 6.07 Å². The standard InChI is InChI=1S/C16H19N3O2/c1-12(15-4-2-3-10-18-15)19-13-5-7-14(8-6-13)21-11-9-16(17)20/h2-8,10,12,19H,9,11H2,1H3,(H2,17,20). The van der Waals surface area contributed by atoms with Crippen molar-refractivity contribution < 1.29 is 9.53 Å². The predicted octanol–water partition coefficient (Wildman–Crippen LogP) is 2.51. The molecule has 1 heterocycles. The number of carbonyl (C=O) groups is 1. The average molecular weight is 285 g/mol. The van der Waals surface area contributed by atoms with Crippen molar-refractivity contribution in [3.05, 3.63) is 54.4 Å². The molecule has 1 amide bonds. The zero-order chi connectivity index (χ0) is 15.1. The first-order chi connectivity index (χ1) is 10.1. The van der Waals surface area contributed by atoms with Crippen LogP contribution in [-0.2, 0) is 4.79 Å². The largest absolute Gasteiger partial charge is 0.493 e. The lowest BCUT2D eigenvalue weighted by atomic mass is 10.2. The first-order valence-corrected chi connectivity index (χ1v) is 6.84. The van der Waals surface area contributed by atoms with Gasteiger partial charge in [-0.3, -0.25) is 9.78 Å². The van der Waals surface area contributed by atoms with Gasteiger partial charge in [0.05, 0.1) is 24.8 Å². The Morgan fingerprint density at radius 2 is 2.05 bits per heavy atom. The van der Waals surface area contributed by atoms with E-state index in [1.54, 1.807) is 6.20 Å². The van der Waals surface area contributed by atoms with Crippen molar-refractivity contribution in [2.75, 3.05) is 11.9 Å². The highest BCUT2D eigenvalue weighted by atomic mass is 16.5. The molecule has 110 valence electrons. The molecule has 2 rings (SSSR count). The molecule has 1 aromatic heterocycles. The fourth-order valence-corrected chi connectivity index (χ4v) is 1.87. The number of hydrogen-bond donors (Lipinski definition) is 2. The van der Waals surface area contributed by atoms with E-state index in [9.17, 15) is 4.79 Å². The maximum atomic E-state index is 10.6. The minimum atomic E-state index is -0.363. The lowest BCUT2D eigenvalue weighted by Crippen LogP contribution is -2.14. The Hall–Kier alpha value is -2.56. The smallest absolute Gasteiger partial charge is 0.220 e. The van der Waals surface area contributed by atoms with Crippen molar-refractivity contribution in [3.8, 4) is 5.75 Å². The molecule has 0 bridgehead atoms. The van der Waals surface area contributed by atoms with Crippen molar-refractivity contribution >= 4 is 11.6 Å². The number of anilines is 1. The Labute approximate surface area is 124 Å². The molecule has 5 heteroatoms. The Bertz CT molecular complexity index is 570. The summed E-state index contributed by atoms with van der Waals surface area (Å²) < 4.78 is 5.42. The predicted molar refractivity (Wildman–Crippen MR) is 82.0 cm³/mol. The van der Waals surface area contributed by atoms with Gasteiger partial charge in [0.1, 0.15) is 5.75 Å². The zero-order valence-electron chi connectivity index (χ0n) is 12.0. The molecule has 0 fully saturated rings. The molecular weight excluding hydrogens is 266 g/mol. The monoisotopic (exact) mass is 285 g/mol. The van der Waals surface area contributed by atoms with Gasteiger partial charge in [-0.25, -0.2) is 0 Å². The number of nitrogens with one attached hydrogen (secondary N) is 1. The number of aromatic nitrogens is 1. The van der Waals surface area contributed by atoms with Crippen LogP contribution in [0.25, 0.3) is 0 Å². The lowest BCUT2D eigenvalue weighted by molar-refractivity contribution is -0.118. The van der Waals surface area contributed by atoms with Crippen molar-refractivity contribution in [1.82, 2.24) is 4.98 Å². The van der Waals surface area contributed by atoms with E-state index in [1.165, 1.54) is 0 Å². The van der Waals surface area contributed by atoms with Crippen LogP contribution in [0.1, 0.15) is 25.1 Å². The molecular formula is C16H19N3O2. The van der Waals surface area contributed by atoms with Gasteiger partial charge in [-0.2, -0.15) is 0 Å². The molecule has 1 unspecified atom stereocenters. The molecule has 0 aliphatic carbocycles. The van der Waals surface area contributed by atoms with E-state index in [0.717, 1.165) is 11.4 Å². The van der Waals surface area contributed by atoms with E-state index in [2.05, 4.69) is 17.2 Å². The first kappa shape index (κ1) is 14.8. The summed E-state index contributed by atoms with van der Waals surface area (Å²) in [5.41, 5.74) is 7.02. The van der Waals surface area contributed by atoms with Crippen LogP contribution in [0.4, 0.5) is 5.69 Å². The van der Waals surface area contributed by atoms with E-state index in [4.69, 9.17) is 10.5 Å². The van der Waals surface area contributed by atoms with Gasteiger partial charge in [0, 0.05) is 11.9 Å². The number of benzene rings is 1. The number of carbonyl (C=O) groups excluding carboxylic acids is 1. The second-order valence-electron chi connectivity index (χ2n) is 4.71. The van der Waals surface area contributed by atoms with E-state index < -0.39 is 0 Å². The fraction of sp³-hybridized carbons (Fsp3) is 0.250. The van der Waals surface area contributed by atoms with Crippen molar-refractivity contribution in [2.24, 2.45) is 5.73 Å². The SMILES string of the molecule is CC(Nc1ccc(OCCC(N)=O)cc1)c1ccccn1. The summed E-state index contributed by atoms with van der Waals surface area (Å²) >= 11 is 0. The topological polar surface area (TPSA) is 77.2 Å². The van der Waals surface area contributed by atoms with Crippen LogP contribution in [0, 0.1) is 0 Å². The lowest BCUT2D eigenvalue weighted by Gasteiger charge is -2.15. The van der Waals surface area contributed by atoms with Crippen LogP contribution in [0.15, 0.2) is 48.7 Å². The molecule has 0 aliphatic rings. The fourth-order valence-electron chi connectivity index (χ4n) is 1.87. The van der Waals surface area contributed by atoms with E-state index in [-0.39, 0.29) is 18.4 Å². The normalized spacial score (nSPS) is 11.7. The number of hydrogen-bond acceptors (Lipinski definition) is 4. The third kappa shape index (κ3) is 4.80. The maximum Gasteiger partial charge on any atom is 0.220 e. The van der Waals surface area contributed by atoms with Crippen LogP contribution >= 0.6 is 0 Å². The maximum absolute atomic E-state index is 10.6. The van der Waals surface area contributed by atoms with Crippen LogP contribution in [0.3, 0.4) is 0 Å². The van der Waals surface area contributed by atoms with Gasteiger partial charge >= 0.3 is 0 Å². The Morgan fingerprint density at radius 3 is 2.67 bits per heavy atom. The van der Waals surface area contributed by atoms with E-state index in [0.29, 0.717) is 12.4 Å². The number of pyridine rings is 1. The number of nitrogens with two attached hydrogens (primary N) is 1. The highest BCUT2D eigenvalue weighted by Crippen LogP contribution is 2.20. The zero-order valence-corrected chi connectivity index (χ0v) is 12.0. The molecule has 1 atom stereocenters. The second-order valence-corrected chi connectivity index (χ2v) is 4.71. The van der Waals surface area contributed by atoms with Crippen LogP contribution in [0.2, 0.25) is 0 Å². The third-order valence-electron chi connectivity index (χ3n) is 2.99. The van der Waals surface area contributed by atoms with E-state index >= 15 is 0 Å². The molecule has 0 aliphatic heterocycles. The van der Waals surface area contributed by atoms with E-state index in [1.807, 2.05) is 42.5 Å². The van der Waals surface area contributed by atoms with Gasteiger partial charge in [-0.15, -0.1) is 0 Å². The summed E-state index contributed by atoms with van der Waals surface area (Å²) in [4.78, 5) is 14.9. The van der Waals surface area contributed by atoms with Gasteiger partial charge < -0.3 is 15.8 Å². The van der Waals surface area contributed by atoms with Gasteiger partial charge in [0.2, 0.25) is 5.91 Å². The van der Waals surface area contributed by atoms with Crippen molar-refractivity contribution in [2.45, 2.75) is 19.4 Å².